The lowest BCUT2D eigenvalue weighted by Crippen LogP contribution is -2.26. The van der Waals surface area contributed by atoms with Crippen LogP contribution in [0.15, 0.2) is 83.8 Å². The molecule has 1 aliphatic heterocycles. The Bertz CT molecular complexity index is 2030. The smallest absolute Gasteiger partial charge is 0.291 e. The molecule has 7 rings (SSSR count). The van der Waals surface area contributed by atoms with Crippen LogP contribution < -0.4 is 24.3 Å². The Labute approximate surface area is 251 Å². The number of unbranched alkanes of at least 4 members (excludes halogenated alkanes) is 1. The molecule has 0 saturated heterocycles. The molecule has 0 aliphatic carbocycles. The first-order valence-electron chi connectivity index (χ1n) is 14.3. The van der Waals surface area contributed by atoms with E-state index in [4.69, 9.17) is 19.3 Å². The van der Waals surface area contributed by atoms with Crippen LogP contribution in [-0.2, 0) is 0 Å². The van der Waals surface area contributed by atoms with Crippen molar-refractivity contribution in [2.45, 2.75) is 32.8 Å². The average Bonchev–Trinajstić information content (AvgIpc) is 3.72. The van der Waals surface area contributed by atoms with E-state index in [1.165, 1.54) is 15.9 Å². The van der Waals surface area contributed by atoms with Crippen molar-refractivity contribution in [3.8, 4) is 34.2 Å². The molecule has 9 nitrogen and oxygen atoms in total. The number of hydrogen-bond donors (Lipinski definition) is 0. The van der Waals surface area contributed by atoms with Gasteiger partial charge in [0, 0.05) is 17.3 Å². The SMILES string of the molecule is CCCCOc1ccc(-c2nn(-c3ccccc3)cc2/C=c2\sc3nc(C4COc5ccccc5O4)nn3c2=O)c(C)c1. The lowest BCUT2D eigenvalue weighted by Gasteiger charge is -2.24. The maximum absolute atomic E-state index is 13.5. The normalized spacial score (nSPS) is 14.8. The van der Waals surface area contributed by atoms with Gasteiger partial charge in [-0.1, -0.05) is 55.0 Å². The third-order valence-corrected chi connectivity index (χ3v) is 8.22. The molecule has 3 aromatic heterocycles. The van der Waals surface area contributed by atoms with Crippen LogP contribution >= 0.6 is 11.3 Å². The molecule has 1 atom stereocenters. The number of thiazole rings is 1. The van der Waals surface area contributed by atoms with Gasteiger partial charge in [-0.2, -0.15) is 14.6 Å². The first-order valence-corrected chi connectivity index (χ1v) is 15.1. The largest absolute Gasteiger partial charge is 0.494 e. The molecule has 3 aromatic carbocycles. The van der Waals surface area contributed by atoms with Gasteiger partial charge in [0.15, 0.2) is 23.4 Å². The highest BCUT2D eigenvalue weighted by molar-refractivity contribution is 7.15. The van der Waals surface area contributed by atoms with Gasteiger partial charge in [-0.25, -0.2) is 4.68 Å². The van der Waals surface area contributed by atoms with Crippen molar-refractivity contribution in [2.24, 2.45) is 0 Å². The molecule has 0 fully saturated rings. The Morgan fingerprint density at radius 3 is 2.65 bits per heavy atom. The molecule has 6 aromatic rings. The second-order valence-corrected chi connectivity index (χ2v) is 11.3. The Kier molecular flexibility index (Phi) is 7.12. The van der Waals surface area contributed by atoms with Gasteiger partial charge in [0.1, 0.15) is 18.1 Å². The molecule has 1 aliphatic rings. The topological polar surface area (TPSA) is 92.8 Å². The predicted molar refractivity (Wildman–Crippen MR) is 165 cm³/mol. The summed E-state index contributed by atoms with van der Waals surface area (Å²) < 4.78 is 21.5. The van der Waals surface area contributed by atoms with Gasteiger partial charge in [-0.15, -0.1) is 5.10 Å². The number of nitrogens with zero attached hydrogens (tertiary/aromatic N) is 5. The fourth-order valence-electron chi connectivity index (χ4n) is 5.01. The maximum Gasteiger partial charge on any atom is 0.291 e. The molecular formula is C33H29N5O4S. The summed E-state index contributed by atoms with van der Waals surface area (Å²) >= 11 is 1.28. The van der Waals surface area contributed by atoms with Crippen molar-refractivity contribution in [1.82, 2.24) is 24.4 Å². The molecule has 0 N–H and O–H groups in total. The van der Waals surface area contributed by atoms with Crippen LogP contribution in [0.3, 0.4) is 0 Å². The standard InChI is InChI=1S/C33H29N5O4S/c1-3-4-16-40-24-14-15-25(21(2)17-24)30-22(19-37(35-30)23-10-6-5-7-11-23)18-29-32(39)38-33(43-29)34-31(36-38)28-20-41-26-12-8-9-13-27(26)42-28/h5-15,17-19,28H,3-4,16,20H2,1-2H3/b29-18-. The fraction of sp³-hybridized carbons (Fsp3) is 0.212. The summed E-state index contributed by atoms with van der Waals surface area (Å²) in [7, 11) is 0. The molecule has 10 heteroatoms. The minimum absolute atomic E-state index is 0.245. The lowest BCUT2D eigenvalue weighted by molar-refractivity contribution is 0.0852. The number of fused-ring (bicyclic) bond motifs is 2. The number of benzene rings is 3. The number of aryl methyl sites for hydroxylation is 1. The number of rotatable bonds is 8. The quantitative estimate of drug-likeness (QED) is 0.214. The molecule has 4 heterocycles. The molecule has 0 radical (unpaired) electrons. The van der Waals surface area contributed by atoms with E-state index in [1.807, 2.05) is 96.7 Å². The average molecular weight is 592 g/mol. The molecule has 0 amide bonds. The third-order valence-electron chi connectivity index (χ3n) is 7.26. The van der Waals surface area contributed by atoms with Gasteiger partial charge in [0.05, 0.1) is 16.8 Å². The van der Waals surface area contributed by atoms with Crippen molar-refractivity contribution < 1.29 is 14.2 Å². The zero-order valence-corrected chi connectivity index (χ0v) is 24.6. The Hall–Kier alpha value is -4.96. The highest BCUT2D eigenvalue weighted by atomic mass is 32.1. The van der Waals surface area contributed by atoms with Crippen molar-refractivity contribution >= 4 is 22.4 Å². The first-order chi connectivity index (χ1) is 21.1. The molecule has 0 bridgehead atoms. The van der Waals surface area contributed by atoms with E-state index in [1.54, 1.807) is 0 Å². The predicted octanol–water partition coefficient (Wildman–Crippen LogP) is 5.55. The van der Waals surface area contributed by atoms with Crippen molar-refractivity contribution in [2.75, 3.05) is 13.2 Å². The molecule has 43 heavy (non-hydrogen) atoms. The van der Waals surface area contributed by atoms with E-state index in [9.17, 15) is 4.79 Å². The van der Waals surface area contributed by atoms with E-state index in [0.29, 0.717) is 33.4 Å². The fourth-order valence-corrected chi connectivity index (χ4v) is 5.92. The van der Waals surface area contributed by atoms with Crippen LogP contribution in [0.25, 0.3) is 28.0 Å². The van der Waals surface area contributed by atoms with Gasteiger partial charge < -0.3 is 14.2 Å². The maximum atomic E-state index is 13.5. The van der Waals surface area contributed by atoms with Gasteiger partial charge >= 0.3 is 0 Å². The summed E-state index contributed by atoms with van der Waals surface area (Å²) in [5.41, 5.74) is 4.26. The number of ether oxygens (including phenoxy) is 3. The van der Waals surface area contributed by atoms with Gasteiger partial charge in [-0.05, 0) is 67.4 Å². The molecule has 0 spiro atoms. The van der Waals surface area contributed by atoms with Crippen LogP contribution in [0.4, 0.5) is 0 Å². The van der Waals surface area contributed by atoms with Crippen molar-refractivity contribution in [3.63, 3.8) is 0 Å². The van der Waals surface area contributed by atoms with Crippen LogP contribution in [-0.4, -0.2) is 37.6 Å². The number of hydrogen-bond acceptors (Lipinski definition) is 8. The number of aromatic nitrogens is 5. The monoisotopic (exact) mass is 591 g/mol. The second-order valence-electron chi connectivity index (χ2n) is 10.3. The summed E-state index contributed by atoms with van der Waals surface area (Å²) in [5.74, 6) is 2.56. The van der Waals surface area contributed by atoms with E-state index in [0.717, 1.165) is 46.7 Å². The van der Waals surface area contributed by atoms with E-state index >= 15 is 0 Å². The van der Waals surface area contributed by atoms with Gasteiger partial charge in [0.25, 0.3) is 5.56 Å². The van der Waals surface area contributed by atoms with Crippen LogP contribution in [0.2, 0.25) is 0 Å². The number of para-hydroxylation sites is 3. The summed E-state index contributed by atoms with van der Waals surface area (Å²) in [6.45, 7) is 5.15. The zero-order valence-electron chi connectivity index (χ0n) is 23.8. The van der Waals surface area contributed by atoms with Crippen molar-refractivity contribution in [1.29, 1.82) is 0 Å². The summed E-state index contributed by atoms with van der Waals surface area (Å²) in [5, 5.41) is 9.46. The highest BCUT2D eigenvalue weighted by Crippen LogP contribution is 2.35. The minimum Gasteiger partial charge on any atom is -0.494 e. The Morgan fingerprint density at radius 2 is 1.86 bits per heavy atom. The van der Waals surface area contributed by atoms with Crippen LogP contribution in [0.1, 0.15) is 42.8 Å². The summed E-state index contributed by atoms with van der Waals surface area (Å²) in [6.07, 6.45) is 5.40. The molecular weight excluding hydrogens is 562 g/mol. The van der Waals surface area contributed by atoms with Gasteiger partial charge in [0.2, 0.25) is 4.96 Å². The zero-order chi connectivity index (χ0) is 29.3. The summed E-state index contributed by atoms with van der Waals surface area (Å²) in [6, 6.07) is 23.4. The lowest BCUT2D eigenvalue weighted by atomic mass is 10.0. The molecule has 216 valence electrons. The summed E-state index contributed by atoms with van der Waals surface area (Å²) in [4.78, 5) is 18.6. The van der Waals surface area contributed by atoms with E-state index < -0.39 is 6.10 Å². The minimum atomic E-state index is -0.499. The van der Waals surface area contributed by atoms with E-state index in [-0.39, 0.29) is 12.2 Å². The van der Waals surface area contributed by atoms with Crippen molar-refractivity contribution in [3.05, 3.63) is 111 Å². The van der Waals surface area contributed by atoms with Gasteiger partial charge in [-0.3, -0.25) is 4.79 Å². The van der Waals surface area contributed by atoms with Crippen LogP contribution in [0, 0.1) is 6.92 Å². The van der Waals surface area contributed by atoms with E-state index in [2.05, 4.69) is 17.0 Å². The Balaban J connectivity index is 1.26. The first kappa shape index (κ1) is 26.9. The third kappa shape index (κ3) is 5.25. The highest BCUT2D eigenvalue weighted by Gasteiger charge is 2.27. The molecule has 1 unspecified atom stereocenters. The second kappa shape index (κ2) is 11.4. The Morgan fingerprint density at radius 1 is 1.05 bits per heavy atom. The van der Waals surface area contributed by atoms with Crippen LogP contribution in [0.5, 0.6) is 17.2 Å². The molecule has 0 saturated carbocycles.